The fraction of sp³-hybridized carbons (Fsp3) is 0.273. The van der Waals surface area contributed by atoms with Gasteiger partial charge >= 0.3 is 0 Å². The number of ether oxygens (including phenoxy) is 1. The molecule has 0 radical (unpaired) electrons. The zero-order chi connectivity index (χ0) is 21.3. The minimum absolute atomic E-state index is 0.0790. The highest BCUT2D eigenvalue weighted by Crippen LogP contribution is 2.40. The van der Waals surface area contributed by atoms with Crippen LogP contribution in [0.25, 0.3) is 5.76 Å². The number of nitrogens with zero attached hydrogens (tertiary/aromatic N) is 2. The summed E-state index contributed by atoms with van der Waals surface area (Å²) in [5, 5.41) is 22.2. The molecule has 1 amide bonds. The van der Waals surface area contributed by atoms with Crippen LogP contribution in [0, 0.1) is 10.1 Å². The van der Waals surface area contributed by atoms with Gasteiger partial charge in [0, 0.05) is 30.8 Å². The second-order valence-corrected chi connectivity index (χ2v) is 7.30. The summed E-state index contributed by atoms with van der Waals surface area (Å²) >= 11 is 0. The van der Waals surface area contributed by atoms with E-state index in [2.05, 4.69) is 0 Å². The third kappa shape index (κ3) is 3.57. The predicted octanol–water partition coefficient (Wildman–Crippen LogP) is 3.20. The van der Waals surface area contributed by atoms with Crippen LogP contribution < -0.4 is 0 Å². The number of hydrogen-bond donors (Lipinski definition) is 1. The normalized spacial score (nSPS) is 23.1. The van der Waals surface area contributed by atoms with Crippen molar-refractivity contribution in [1.82, 2.24) is 4.90 Å². The zero-order valence-electron chi connectivity index (χ0n) is 16.1. The summed E-state index contributed by atoms with van der Waals surface area (Å²) in [6.07, 6.45) is 1.39. The minimum atomic E-state index is -0.936. The van der Waals surface area contributed by atoms with Crippen LogP contribution in [0.5, 0.6) is 0 Å². The van der Waals surface area contributed by atoms with Crippen molar-refractivity contribution in [2.75, 3.05) is 13.2 Å². The molecule has 30 heavy (non-hydrogen) atoms. The molecule has 2 atom stereocenters. The zero-order valence-corrected chi connectivity index (χ0v) is 16.1. The highest BCUT2D eigenvalue weighted by atomic mass is 16.6. The number of Topliss-reactive ketones (excluding diaryl/α,β-unsaturated/α-hetero) is 1. The van der Waals surface area contributed by atoms with Crippen LogP contribution >= 0.6 is 0 Å². The van der Waals surface area contributed by atoms with Gasteiger partial charge in [0.15, 0.2) is 0 Å². The molecular weight excluding hydrogens is 388 g/mol. The monoisotopic (exact) mass is 408 g/mol. The molecule has 0 aliphatic carbocycles. The number of non-ortho nitro benzene ring substituents is 1. The molecule has 2 aromatic carbocycles. The van der Waals surface area contributed by atoms with Gasteiger partial charge in [-0.3, -0.25) is 19.7 Å². The van der Waals surface area contributed by atoms with Crippen molar-refractivity contribution in [3.8, 4) is 0 Å². The first-order chi connectivity index (χ1) is 14.5. The van der Waals surface area contributed by atoms with Crippen molar-refractivity contribution in [3.05, 3.63) is 81.4 Å². The molecule has 0 unspecified atom stereocenters. The molecule has 2 fully saturated rings. The van der Waals surface area contributed by atoms with Crippen molar-refractivity contribution in [1.29, 1.82) is 0 Å². The van der Waals surface area contributed by atoms with Crippen LogP contribution in [0.1, 0.15) is 30.0 Å². The van der Waals surface area contributed by atoms with Gasteiger partial charge in [0.1, 0.15) is 5.76 Å². The number of rotatable bonds is 5. The lowest BCUT2D eigenvalue weighted by molar-refractivity contribution is -0.384. The van der Waals surface area contributed by atoms with Gasteiger partial charge < -0.3 is 14.7 Å². The maximum atomic E-state index is 12.9. The van der Waals surface area contributed by atoms with Gasteiger partial charge in [-0.15, -0.1) is 0 Å². The molecule has 2 saturated heterocycles. The number of carbonyl (C=O) groups excluding carboxylic acids is 2. The maximum absolute atomic E-state index is 12.9. The van der Waals surface area contributed by atoms with Gasteiger partial charge in [-0.1, -0.05) is 42.5 Å². The summed E-state index contributed by atoms with van der Waals surface area (Å²) in [4.78, 5) is 37.9. The molecule has 2 aliphatic heterocycles. The van der Waals surface area contributed by atoms with Gasteiger partial charge in [0.05, 0.1) is 22.6 Å². The molecule has 0 bridgehead atoms. The number of carbonyl (C=O) groups is 2. The number of amides is 1. The Labute approximate surface area is 172 Å². The van der Waals surface area contributed by atoms with Crippen LogP contribution in [0.4, 0.5) is 5.69 Å². The van der Waals surface area contributed by atoms with Gasteiger partial charge in [0.25, 0.3) is 17.4 Å². The van der Waals surface area contributed by atoms with E-state index in [0.29, 0.717) is 17.7 Å². The van der Waals surface area contributed by atoms with E-state index in [1.807, 2.05) is 0 Å². The molecule has 2 aromatic rings. The van der Waals surface area contributed by atoms with Crippen LogP contribution in [-0.4, -0.2) is 45.9 Å². The average molecular weight is 408 g/mol. The molecule has 8 heteroatoms. The third-order valence-corrected chi connectivity index (χ3v) is 5.41. The van der Waals surface area contributed by atoms with Crippen LogP contribution in [0.2, 0.25) is 0 Å². The van der Waals surface area contributed by atoms with Crippen LogP contribution in [-0.2, 0) is 14.3 Å². The summed E-state index contributed by atoms with van der Waals surface area (Å²) in [6, 6.07) is 13.3. The lowest BCUT2D eigenvalue weighted by Crippen LogP contribution is -2.36. The lowest BCUT2D eigenvalue weighted by atomic mass is 9.95. The van der Waals surface area contributed by atoms with E-state index in [1.165, 1.54) is 23.1 Å². The highest BCUT2D eigenvalue weighted by molar-refractivity contribution is 6.46. The molecule has 154 valence electrons. The quantitative estimate of drug-likeness (QED) is 0.267. The number of nitro benzene ring substituents is 1. The first kappa shape index (κ1) is 19.8. The fourth-order valence-corrected chi connectivity index (χ4v) is 3.98. The summed E-state index contributed by atoms with van der Waals surface area (Å²) in [6.45, 7) is 0.754. The number of aliphatic hydroxyl groups excluding tert-OH is 1. The van der Waals surface area contributed by atoms with Crippen molar-refractivity contribution in [2.45, 2.75) is 25.0 Å². The Morgan fingerprint density at radius 3 is 2.60 bits per heavy atom. The number of ketones is 1. The lowest BCUT2D eigenvalue weighted by Gasteiger charge is -2.27. The largest absolute Gasteiger partial charge is 0.507 e. The fourth-order valence-electron chi connectivity index (χ4n) is 3.98. The second-order valence-electron chi connectivity index (χ2n) is 7.30. The summed E-state index contributed by atoms with van der Waals surface area (Å²) < 4.78 is 5.63. The Hall–Kier alpha value is -3.52. The van der Waals surface area contributed by atoms with E-state index in [9.17, 15) is 24.8 Å². The Kier molecular flexibility index (Phi) is 5.33. The number of nitro groups is 1. The number of likely N-dealkylation sites (tertiary alicyclic amines) is 1. The van der Waals surface area contributed by atoms with E-state index in [-0.39, 0.29) is 29.7 Å². The van der Waals surface area contributed by atoms with Crippen molar-refractivity contribution >= 4 is 23.1 Å². The number of aliphatic hydroxyl groups is 1. The number of benzene rings is 2. The molecule has 2 heterocycles. The Morgan fingerprint density at radius 2 is 1.93 bits per heavy atom. The second kappa shape index (κ2) is 8.08. The van der Waals surface area contributed by atoms with E-state index in [4.69, 9.17) is 4.74 Å². The summed E-state index contributed by atoms with van der Waals surface area (Å²) in [5.74, 6) is -1.87. The predicted molar refractivity (Wildman–Crippen MR) is 108 cm³/mol. The van der Waals surface area contributed by atoms with Gasteiger partial charge in [-0.05, 0) is 18.4 Å². The molecule has 0 spiro atoms. The maximum Gasteiger partial charge on any atom is 0.295 e. The molecular formula is C22H20N2O6. The average Bonchev–Trinajstić information content (AvgIpc) is 3.36. The minimum Gasteiger partial charge on any atom is -0.507 e. The van der Waals surface area contributed by atoms with Crippen molar-refractivity contribution < 1.29 is 24.4 Å². The first-order valence-corrected chi connectivity index (χ1v) is 9.67. The SMILES string of the molecule is O=C1C(=O)N(C[C@H]2CCCO2)[C@@H](c2cccc([N+](=O)[O-])c2)/C1=C(\O)c1ccccc1. The Bertz CT molecular complexity index is 1030. The van der Waals surface area contributed by atoms with Crippen molar-refractivity contribution in [2.24, 2.45) is 0 Å². The van der Waals surface area contributed by atoms with E-state index < -0.39 is 22.7 Å². The summed E-state index contributed by atoms with van der Waals surface area (Å²) in [7, 11) is 0. The van der Waals surface area contributed by atoms with Crippen LogP contribution in [0.3, 0.4) is 0 Å². The highest BCUT2D eigenvalue weighted by Gasteiger charge is 2.47. The van der Waals surface area contributed by atoms with Crippen molar-refractivity contribution in [3.63, 3.8) is 0 Å². The van der Waals surface area contributed by atoms with E-state index in [0.717, 1.165) is 12.8 Å². The summed E-state index contributed by atoms with van der Waals surface area (Å²) in [5.41, 5.74) is 0.543. The van der Waals surface area contributed by atoms with Gasteiger partial charge in [-0.25, -0.2) is 0 Å². The molecule has 1 N–H and O–H groups in total. The molecule has 8 nitrogen and oxygen atoms in total. The van der Waals surface area contributed by atoms with E-state index >= 15 is 0 Å². The Morgan fingerprint density at radius 1 is 1.17 bits per heavy atom. The van der Waals surface area contributed by atoms with Gasteiger partial charge in [-0.2, -0.15) is 0 Å². The molecule has 2 aliphatic rings. The molecule has 0 aromatic heterocycles. The third-order valence-electron chi connectivity index (χ3n) is 5.41. The topological polar surface area (TPSA) is 110 Å². The molecule has 4 rings (SSSR count). The van der Waals surface area contributed by atoms with E-state index in [1.54, 1.807) is 36.4 Å². The standard InChI is InChI=1S/C22H20N2O6/c25-20(14-6-2-1-3-7-14)18-19(15-8-4-9-16(12-15)24(28)29)23(22(27)21(18)26)13-17-10-5-11-30-17/h1-4,6-9,12,17,19,25H,5,10-11,13H2/b20-18+/t17-,19+/m1/s1. The number of hydrogen-bond acceptors (Lipinski definition) is 6. The Balaban J connectivity index is 1.85. The van der Waals surface area contributed by atoms with Gasteiger partial charge in [0.2, 0.25) is 0 Å². The first-order valence-electron chi connectivity index (χ1n) is 9.67. The molecule has 0 saturated carbocycles. The van der Waals surface area contributed by atoms with Crippen LogP contribution in [0.15, 0.2) is 60.2 Å². The smallest absolute Gasteiger partial charge is 0.295 e.